The Morgan fingerprint density at radius 3 is 1.80 bits per heavy atom. The summed E-state index contributed by atoms with van der Waals surface area (Å²) in [5.41, 5.74) is 3.66. The molecule has 0 aliphatic heterocycles. The predicted octanol–water partition coefficient (Wildman–Crippen LogP) is 7.35. The Balaban J connectivity index is 0.000000171. The van der Waals surface area contributed by atoms with Crippen molar-refractivity contribution >= 4 is 0 Å². The van der Waals surface area contributed by atoms with E-state index in [1.54, 1.807) is 0 Å². The molecule has 4 aliphatic rings. The number of aliphatic hydroxyl groups is 2. The van der Waals surface area contributed by atoms with Crippen molar-refractivity contribution in [3.05, 3.63) is 23.3 Å². The Hall–Kier alpha value is -0.600. The first-order chi connectivity index (χ1) is 13.9. The molecule has 0 radical (unpaired) electrons. The molecule has 2 saturated carbocycles. The molecule has 0 amide bonds. The third kappa shape index (κ3) is 4.75. The molecule has 2 nitrogen and oxygen atoms in total. The lowest BCUT2D eigenvalue weighted by Crippen LogP contribution is -2.49. The molecule has 172 valence electrons. The summed E-state index contributed by atoms with van der Waals surface area (Å²) in [4.78, 5) is 0. The van der Waals surface area contributed by atoms with Gasteiger partial charge in [-0.1, -0.05) is 63.8 Å². The lowest BCUT2D eigenvalue weighted by molar-refractivity contribution is -0.0986. The van der Waals surface area contributed by atoms with Gasteiger partial charge in [-0.25, -0.2) is 0 Å². The van der Waals surface area contributed by atoms with Crippen LogP contribution in [0.15, 0.2) is 23.3 Å². The second-order valence-corrected chi connectivity index (χ2v) is 12.7. The number of hydrogen-bond donors (Lipinski definition) is 2. The van der Waals surface area contributed by atoms with Gasteiger partial charge in [-0.15, -0.1) is 0 Å². The van der Waals surface area contributed by atoms with Crippen LogP contribution in [0.5, 0.6) is 0 Å². The molecule has 4 rings (SSSR count). The molecule has 0 aromatic heterocycles. The van der Waals surface area contributed by atoms with Crippen LogP contribution in [-0.2, 0) is 0 Å². The summed E-state index contributed by atoms with van der Waals surface area (Å²) in [7, 11) is 0. The summed E-state index contributed by atoms with van der Waals surface area (Å²) < 4.78 is 0. The van der Waals surface area contributed by atoms with Crippen molar-refractivity contribution < 1.29 is 10.2 Å². The molecule has 0 bridgehead atoms. The molecule has 2 N–H and O–H groups in total. The molecule has 4 atom stereocenters. The van der Waals surface area contributed by atoms with E-state index in [0.717, 1.165) is 12.8 Å². The standard InChI is InChI=1S/2C14H24O/c1-11-5-9-14(10-6-11)8-4-7-13(2,3)12(14)15;1-11-6-4-8-14(10-11)9-5-7-13(2,3)12(14)15/h5,12,15H,4,6-10H2,1-3H3;6,12,15H,4-5,7-10H2,1-3H3. The van der Waals surface area contributed by atoms with Gasteiger partial charge in [-0.3, -0.25) is 0 Å². The van der Waals surface area contributed by atoms with Crippen molar-refractivity contribution in [2.24, 2.45) is 21.7 Å². The van der Waals surface area contributed by atoms with E-state index in [9.17, 15) is 10.2 Å². The predicted molar refractivity (Wildman–Crippen MR) is 127 cm³/mol. The lowest BCUT2D eigenvalue weighted by Gasteiger charge is -2.51. The topological polar surface area (TPSA) is 40.5 Å². The molecule has 4 aliphatic carbocycles. The fourth-order valence-electron chi connectivity index (χ4n) is 7.27. The number of allylic oxidation sites excluding steroid dienone is 4. The van der Waals surface area contributed by atoms with Crippen LogP contribution < -0.4 is 0 Å². The molecular weight excluding hydrogens is 368 g/mol. The maximum Gasteiger partial charge on any atom is 0.0650 e. The van der Waals surface area contributed by atoms with E-state index in [2.05, 4.69) is 53.7 Å². The molecule has 30 heavy (non-hydrogen) atoms. The summed E-state index contributed by atoms with van der Waals surface area (Å²) in [6.07, 6.45) is 18.8. The Labute approximate surface area is 186 Å². The maximum absolute atomic E-state index is 10.6. The minimum absolute atomic E-state index is 0.108. The highest BCUT2D eigenvalue weighted by Crippen LogP contribution is 2.54. The summed E-state index contributed by atoms with van der Waals surface area (Å²) in [5, 5.41) is 21.2. The zero-order valence-electron chi connectivity index (χ0n) is 20.7. The van der Waals surface area contributed by atoms with E-state index >= 15 is 0 Å². The van der Waals surface area contributed by atoms with E-state index in [1.807, 2.05) is 0 Å². The van der Waals surface area contributed by atoms with Crippen molar-refractivity contribution in [3.8, 4) is 0 Å². The number of aliphatic hydroxyl groups excluding tert-OH is 2. The van der Waals surface area contributed by atoms with Gasteiger partial charge in [0.1, 0.15) is 0 Å². The highest BCUT2D eigenvalue weighted by Gasteiger charge is 2.49. The van der Waals surface area contributed by atoms with Gasteiger partial charge in [0.2, 0.25) is 0 Å². The molecule has 0 saturated heterocycles. The number of hydrogen-bond acceptors (Lipinski definition) is 2. The molecular formula is C28H48O2. The fourth-order valence-corrected chi connectivity index (χ4v) is 7.27. The van der Waals surface area contributed by atoms with E-state index in [0.29, 0.717) is 0 Å². The van der Waals surface area contributed by atoms with Crippen LogP contribution in [0, 0.1) is 21.7 Å². The van der Waals surface area contributed by atoms with Crippen LogP contribution in [0.2, 0.25) is 0 Å². The minimum atomic E-state index is -0.109. The van der Waals surface area contributed by atoms with Gasteiger partial charge in [-0.05, 0) is 88.9 Å². The Bertz CT molecular complexity index is 670. The lowest BCUT2D eigenvalue weighted by atomic mass is 9.56. The van der Waals surface area contributed by atoms with Crippen molar-refractivity contribution in [2.45, 2.75) is 131 Å². The molecule has 4 unspecified atom stereocenters. The average Bonchev–Trinajstić information content (AvgIpc) is 2.67. The van der Waals surface area contributed by atoms with Crippen LogP contribution in [0.3, 0.4) is 0 Å². The quantitative estimate of drug-likeness (QED) is 0.405. The molecule has 0 aromatic rings. The van der Waals surface area contributed by atoms with Gasteiger partial charge in [0.25, 0.3) is 0 Å². The van der Waals surface area contributed by atoms with Crippen LogP contribution in [-0.4, -0.2) is 22.4 Å². The van der Waals surface area contributed by atoms with Crippen molar-refractivity contribution in [1.82, 2.24) is 0 Å². The summed E-state index contributed by atoms with van der Waals surface area (Å²) >= 11 is 0. The normalized spacial score (nSPS) is 40.3. The second-order valence-electron chi connectivity index (χ2n) is 12.7. The SMILES string of the molecule is CC1=CCC2(CCCC(C)(C)C2O)CC1.CC1=CCCC2(CCCC(C)(C)C2O)C1. The zero-order valence-corrected chi connectivity index (χ0v) is 20.7. The molecule has 2 heteroatoms. The molecule has 0 heterocycles. The van der Waals surface area contributed by atoms with Gasteiger partial charge < -0.3 is 10.2 Å². The highest BCUT2D eigenvalue weighted by molar-refractivity contribution is 5.13. The van der Waals surface area contributed by atoms with Gasteiger partial charge in [0, 0.05) is 10.8 Å². The van der Waals surface area contributed by atoms with Crippen molar-refractivity contribution in [2.75, 3.05) is 0 Å². The summed E-state index contributed by atoms with van der Waals surface area (Å²) in [6, 6.07) is 0. The van der Waals surface area contributed by atoms with E-state index in [1.165, 1.54) is 75.4 Å². The Kier molecular flexibility index (Phi) is 7.00. The third-order valence-electron chi connectivity index (χ3n) is 9.27. The first kappa shape index (κ1) is 24.1. The monoisotopic (exact) mass is 416 g/mol. The van der Waals surface area contributed by atoms with Crippen LogP contribution in [0.1, 0.15) is 119 Å². The van der Waals surface area contributed by atoms with Gasteiger partial charge in [0.15, 0.2) is 0 Å². The minimum Gasteiger partial charge on any atom is -0.392 e. The van der Waals surface area contributed by atoms with E-state index in [4.69, 9.17) is 0 Å². The van der Waals surface area contributed by atoms with Gasteiger partial charge >= 0.3 is 0 Å². The first-order valence-corrected chi connectivity index (χ1v) is 12.6. The highest BCUT2D eigenvalue weighted by atomic mass is 16.3. The van der Waals surface area contributed by atoms with Gasteiger partial charge in [0.05, 0.1) is 12.2 Å². The Morgan fingerprint density at radius 2 is 1.27 bits per heavy atom. The second kappa shape index (κ2) is 8.74. The average molecular weight is 417 g/mol. The summed E-state index contributed by atoms with van der Waals surface area (Å²) in [5.74, 6) is 0. The van der Waals surface area contributed by atoms with E-state index < -0.39 is 0 Å². The van der Waals surface area contributed by atoms with Gasteiger partial charge in [-0.2, -0.15) is 0 Å². The summed E-state index contributed by atoms with van der Waals surface area (Å²) in [6.45, 7) is 13.3. The smallest absolute Gasteiger partial charge is 0.0650 e. The third-order valence-corrected chi connectivity index (χ3v) is 9.27. The maximum atomic E-state index is 10.6. The van der Waals surface area contributed by atoms with Crippen LogP contribution in [0.25, 0.3) is 0 Å². The van der Waals surface area contributed by atoms with Crippen molar-refractivity contribution in [3.63, 3.8) is 0 Å². The number of rotatable bonds is 0. The van der Waals surface area contributed by atoms with E-state index in [-0.39, 0.29) is 33.9 Å². The molecule has 2 spiro atoms. The molecule has 2 fully saturated rings. The first-order valence-electron chi connectivity index (χ1n) is 12.6. The molecule has 0 aromatic carbocycles. The van der Waals surface area contributed by atoms with Crippen LogP contribution in [0.4, 0.5) is 0 Å². The van der Waals surface area contributed by atoms with Crippen molar-refractivity contribution in [1.29, 1.82) is 0 Å². The Morgan fingerprint density at radius 1 is 0.700 bits per heavy atom. The fraction of sp³-hybridized carbons (Fsp3) is 0.857. The largest absolute Gasteiger partial charge is 0.392 e. The van der Waals surface area contributed by atoms with Crippen LogP contribution >= 0.6 is 0 Å². The zero-order chi connectivity index (χ0) is 22.2.